The second-order valence-corrected chi connectivity index (χ2v) is 6.46. The van der Waals surface area contributed by atoms with E-state index in [2.05, 4.69) is 21.0 Å². The summed E-state index contributed by atoms with van der Waals surface area (Å²) in [6, 6.07) is 5.69. The van der Waals surface area contributed by atoms with Crippen molar-refractivity contribution in [2.75, 3.05) is 6.26 Å². The van der Waals surface area contributed by atoms with Crippen molar-refractivity contribution in [3.05, 3.63) is 45.0 Å². The van der Waals surface area contributed by atoms with Crippen molar-refractivity contribution in [2.45, 2.75) is 0 Å². The minimum absolute atomic E-state index is 0.0394. The first-order valence-corrected chi connectivity index (χ1v) is 7.64. The van der Waals surface area contributed by atoms with Crippen molar-refractivity contribution in [1.82, 2.24) is 9.19 Å². The zero-order valence-corrected chi connectivity index (χ0v) is 12.1. The highest BCUT2D eigenvalue weighted by atomic mass is 79.9. The number of non-ortho nitro benzene ring substituents is 1. The van der Waals surface area contributed by atoms with Crippen LogP contribution in [0, 0.1) is 10.1 Å². The molecular formula is C10H8BrN3O4S. The Hall–Kier alpha value is -1.74. The topological polar surface area (TPSA) is 95.1 Å². The predicted octanol–water partition coefficient (Wildman–Crippen LogP) is 2.03. The van der Waals surface area contributed by atoms with E-state index in [1.54, 1.807) is 0 Å². The second kappa shape index (κ2) is 4.74. The molecule has 0 unspecified atom stereocenters. The van der Waals surface area contributed by atoms with Gasteiger partial charge < -0.3 is 0 Å². The van der Waals surface area contributed by atoms with Gasteiger partial charge in [0.15, 0.2) is 0 Å². The lowest BCUT2D eigenvalue weighted by molar-refractivity contribution is -0.384. The average Bonchev–Trinajstić information content (AvgIpc) is 2.71. The van der Waals surface area contributed by atoms with Crippen molar-refractivity contribution in [3.63, 3.8) is 0 Å². The first-order chi connectivity index (χ1) is 8.79. The molecule has 100 valence electrons. The second-order valence-electron chi connectivity index (χ2n) is 3.77. The van der Waals surface area contributed by atoms with E-state index in [1.165, 1.54) is 30.5 Å². The van der Waals surface area contributed by atoms with Gasteiger partial charge in [-0.1, -0.05) is 0 Å². The summed E-state index contributed by atoms with van der Waals surface area (Å²) >= 11 is 3.21. The van der Waals surface area contributed by atoms with Crippen LogP contribution in [-0.4, -0.2) is 28.8 Å². The number of hydrogen-bond donors (Lipinski definition) is 0. The van der Waals surface area contributed by atoms with Crippen molar-refractivity contribution in [3.8, 4) is 11.3 Å². The van der Waals surface area contributed by atoms with Crippen LogP contribution in [0.5, 0.6) is 0 Å². The largest absolute Gasteiger partial charge is 0.269 e. The van der Waals surface area contributed by atoms with Crippen LogP contribution in [-0.2, 0) is 10.0 Å². The number of nitro groups is 1. The quantitative estimate of drug-likeness (QED) is 0.626. The fourth-order valence-corrected chi connectivity index (χ4v) is 2.60. The van der Waals surface area contributed by atoms with Crippen molar-refractivity contribution in [1.29, 1.82) is 0 Å². The molecule has 0 bridgehead atoms. The SMILES string of the molecule is CS(=O)(=O)n1cc(Br)c(-c2ccc([N+](=O)[O-])cc2)n1. The monoisotopic (exact) mass is 345 g/mol. The van der Waals surface area contributed by atoms with Crippen LogP contribution in [0.15, 0.2) is 34.9 Å². The zero-order chi connectivity index (χ0) is 14.2. The maximum Gasteiger partial charge on any atom is 0.269 e. The summed E-state index contributed by atoms with van der Waals surface area (Å²) in [4.78, 5) is 10.0. The Labute approximate surface area is 117 Å². The third kappa shape index (κ3) is 2.82. The van der Waals surface area contributed by atoms with Gasteiger partial charge in [-0.15, -0.1) is 0 Å². The predicted molar refractivity (Wildman–Crippen MR) is 72.3 cm³/mol. The molecule has 19 heavy (non-hydrogen) atoms. The summed E-state index contributed by atoms with van der Waals surface area (Å²) in [6.07, 6.45) is 2.36. The standard InChI is InChI=1S/C10H8BrN3O4S/c1-19(17,18)13-6-9(11)10(12-13)7-2-4-8(5-3-7)14(15)16/h2-6H,1H3. The molecule has 1 heterocycles. The molecule has 7 nitrogen and oxygen atoms in total. The van der Waals surface area contributed by atoms with Crippen LogP contribution >= 0.6 is 15.9 Å². The van der Waals surface area contributed by atoms with Gasteiger partial charge in [0.25, 0.3) is 15.7 Å². The maximum absolute atomic E-state index is 11.4. The summed E-state index contributed by atoms with van der Waals surface area (Å²) in [5.74, 6) is 0. The molecule has 0 fully saturated rings. The lowest BCUT2D eigenvalue weighted by Gasteiger charge is -1.98. The first kappa shape index (κ1) is 13.7. The number of nitrogens with zero attached hydrogens (tertiary/aromatic N) is 3. The molecule has 0 saturated carbocycles. The van der Waals surface area contributed by atoms with E-state index in [9.17, 15) is 18.5 Å². The van der Waals surface area contributed by atoms with Crippen molar-refractivity contribution < 1.29 is 13.3 Å². The molecule has 2 aromatic rings. The average molecular weight is 346 g/mol. The summed E-state index contributed by atoms with van der Waals surface area (Å²) < 4.78 is 24.1. The van der Waals surface area contributed by atoms with Crippen LogP contribution in [0.2, 0.25) is 0 Å². The fraction of sp³-hybridized carbons (Fsp3) is 0.100. The molecular weight excluding hydrogens is 338 g/mol. The number of hydrogen-bond acceptors (Lipinski definition) is 5. The third-order valence-corrected chi connectivity index (χ3v) is 3.79. The molecule has 0 spiro atoms. The molecule has 0 atom stereocenters. The third-order valence-electron chi connectivity index (χ3n) is 2.34. The fourth-order valence-electron chi connectivity index (χ4n) is 1.44. The van der Waals surface area contributed by atoms with Gasteiger partial charge in [0, 0.05) is 17.7 Å². The highest BCUT2D eigenvalue weighted by Crippen LogP contribution is 2.28. The van der Waals surface area contributed by atoms with E-state index in [0.717, 1.165) is 10.3 Å². The minimum Gasteiger partial charge on any atom is -0.258 e. The molecule has 0 aliphatic rings. The Morgan fingerprint density at radius 3 is 2.32 bits per heavy atom. The number of aromatic nitrogens is 2. The van der Waals surface area contributed by atoms with Gasteiger partial charge in [-0.2, -0.15) is 9.19 Å². The lowest BCUT2D eigenvalue weighted by Crippen LogP contribution is -2.10. The molecule has 1 aromatic carbocycles. The minimum atomic E-state index is -3.47. The van der Waals surface area contributed by atoms with Crippen LogP contribution in [0.1, 0.15) is 0 Å². The molecule has 1 aromatic heterocycles. The molecule has 0 radical (unpaired) electrons. The molecule has 9 heteroatoms. The van der Waals surface area contributed by atoms with Gasteiger partial charge in [0.05, 0.1) is 21.8 Å². The van der Waals surface area contributed by atoms with E-state index in [-0.39, 0.29) is 5.69 Å². The van der Waals surface area contributed by atoms with Crippen molar-refractivity contribution in [2.24, 2.45) is 0 Å². The Kier molecular flexibility index (Phi) is 3.42. The van der Waals surface area contributed by atoms with Crippen LogP contribution in [0.4, 0.5) is 5.69 Å². The maximum atomic E-state index is 11.4. The zero-order valence-electron chi connectivity index (χ0n) is 9.65. The van der Waals surface area contributed by atoms with Crippen LogP contribution in [0.3, 0.4) is 0 Å². The van der Waals surface area contributed by atoms with Crippen LogP contribution < -0.4 is 0 Å². The molecule has 2 rings (SSSR count). The van der Waals surface area contributed by atoms with Gasteiger partial charge in [-0.3, -0.25) is 10.1 Å². The lowest BCUT2D eigenvalue weighted by atomic mass is 10.1. The normalized spacial score (nSPS) is 11.5. The Morgan fingerprint density at radius 2 is 1.89 bits per heavy atom. The van der Waals surface area contributed by atoms with Crippen molar-refractivity contribution >= 4 is 31.6 Å². The molecule has 0 N–H and O–H groups in total. The van der Waals surface area contributed by atoms with Gasteiger partial charge in [-0.25, -0.2) is 8.42 Å². The first-order valence-electron chi connectivity index (χ1n) is 4.99. The highest BCUT2D eigenvalue weighted by Gasteiger charge is 2.15. The summed E-state index contributed by atoms with van der Waals surface area (Å²) in [7, 11) is -3.47. The van der Waals surface area contributed by atoms with E-state index < -0.39 is 14.9 Å². The Bertz CT molecular complexity index is 737. The van der Waals surface area contributed by atoms with Gasteiger partial charge in [0.1, 0.15) is 5.69 Å². The molecule has 0 amide bonds. The number of nitro benzene ring substituents is 1. The van der Waals surface area contributed by atoms with Gasteiger partial charge >= 0.3 is 0 Å². The summed E-state index contributed by atoms with van der Waals surface area (Å²) in [5.41, 5.74) is 0.947. The molecule has 0 aliphatic heterocycles. The van der Waals surface area contributed by atoms with E-state index >= 15 is 0 Å². The smallest absolute Gasteiger partial charge is 0.258 e. The summed E-state index contributed by atoms with van der Waals surface area (Å²) in [6.45, 7) is 0. The van der Waals surface area contributed by atoms with Gasteiger partial charge in [-0.05, 0) is 28.1 Å². The van der Waals surface area contributed by atoms with E-state index in [0.29, 0.717) is 15.7 Å². The Balaban J connectivity index is 2.48. The van der Waals surface area contributed by atoms with Gasteiger partial charge in [0.2, 0.25) is 0 Å². The highest BCUT2D eigenvalue weighted by molar-refractivity contribution is 9.10. The Morgan fingerprint density at radius 1 is 1.32 bits per heavy atom. The number of rotatable bonds is 3. The molecule has 0 aliphatic carbocycles. The van der Waals surface area contributed by atoms with Crippen LogP contribution in [0.25, 0.3) is 11.3 Å². The number of benzene rings is 1. The molecule has 0 saturated heterocycles. The number of halogens is 1. The summed E-state index contributed by atoms with van der Waals surface area (Å²) in [5, 5.41) is 14.5. The van der Waals surface area contributed by atoms with E-state index in [4.69, 9.17) is 0 Å². The van der Waals surface area contributed by atoms with E-state index in [1.807, 2.05) is 0 Å².